The third-order valence-corrected chi connectivity index (χ3v) is 3.63. The number of hydrogen-bond donors (Lipinski definition) is 1. The molecule has 0 bridgehead atoms. The van der Waals surface area contributed by atoms with Crippen molar-refractivity contribution >= 4 is 11.0 Å². The van der Waals surface area contributed by atoms with Gasteiger partial charge in [-0.1, -0.05) is 13.3 Å². The highest BCUT2D eigenvalue weighted by molar-refractivity contribution is 5.80. The van der Waals surface area contributed by atoms with Gasteiger partial charge in [0.25, 0.3) is 0 Å². The number of unbranched alkanes of at least 4 members (excludes halogenated alkanes) is 1. The molecule has 0 amide bonds. The minimum Gasteiger partial charge on any atom is -0.493 e. The smallest absolute Gasteiger partial charge is 0.163 e. The molecule has 0 spiro atoms. The molecule has 1 aromatic carbocycles. The Morgan fingerprint density at radius 2 is 1.86 bits per heavy atom. The van der Waals surface area contributed by atoms with Gasteiger partial charge in [0.15, 0.2) is 11.5 Å². The van der Waals surface area contributed by atoms with Gasteiger partial charge >= 0.3 is 0 Å². The van der Waals surface area contributed by atoms with Gasteiger partial charge in [0.2, 0.25) is 0 Å². The van der Waals surface area contributed by atoms with E-state index in [0.29, 0.717) is 11.5 Å². The maximum absolute atomic E-state index is 9.11. The van der Waals surface area contributed by atoms with Crippen LogP contribution in [0.3, 0.4) is 0 Å². The molecule has 116 valence electrons. The zero-order valence-electron chi connectivity index (χ0n) is 13.1. The van der Waals surface area contributed by atoms with E-state index in [1.165, 1.54) is 0 Å². The van der Waals surface area contributed by atoms with Crippen molar-refractivity contribution in [3.63, 3.8) is 0 Å². The van der Waals surface area contributed by atoms with Crippen molar-refractivity contribution in [2.45, 2.75) is 39.2 Å². The summed E-state index contributed by atoms with van der Waals surface area (Å²) in [5.41, 5.74) is 1.95. The molecule has 1 aromatic heterocycles. The molecule has 1 heterocycles. The second kappa shape index (κ2) is 7.31. The fourth-order valence-corrected chi connectivity index (χ4v) is 2.51. The first-order valence-corrected chi connectivity index (χ1v) is 7.47. The molecule has 0 atom stereocenters. The summed E-state index contributed by atoms with van der Waals surface area (Å²) >= 11 is 0. The minimum absolute atomic E-state index is 0.181. The molecule has 5 heteroatoms. The van der Waals surface area contributed by atoms with E-state index in [0.717, 1.165) is 49.1 Å². The SMILES string of the molecule is CCCCc1nc2cc(OC)c(OC)cc2n1CCCO. The van der Waals surface area contributed by atoms with Crippen LogP contribution < -0.4 is 9.47 Å². The van der Waals surface area contributed by atoms with Gasteiger partial charge in [0.1, 0.15) is 5.82 Å². The number of imidazole rings is 1. The van der Waals surface area contributed by atoms with Crippen molar-refractivity contribution in [2.75, 3.05) is 20.8 Å². The summed E-state index contributed by atoms with van der Waals surface area (Å²) in [6, 6.07) is 3.88. The normalized spacial score (nSPS) is 11.0. The zero-order valence-corrected chi connectivity index (χ0v) is 13.1. The number of aliphatic hydroxyl groups excluding tert-OH is 1. The van der Waals surface area contributed by atoms with E-state index in [4.69, 9.17) is 19.6 Å². The Bertz CT molecular complexity index is 593. The number of ether oxygens (including phenoxy) is 2. The molecule has 0 radical (unpaired) electrons. The van der Waals surface area contributed by atoms with Crippen LogP contribution in [0.2, 0.25) is 0 Å². The van der Waals surface area contributed by atoms with Gasteiger partial charge in [-0.2, -0.15) is 0 Å². The number of rotatable bonds is 8. The number of aryl methyl sites for hydroxylation is 2. The zero-order chi connectivity index (χ0) is 15.2. The quantitative estimate of drug-likeness (QED) is 0.813. The molecule has 0 saturated heterocycles. The highest BCUT2D eigenvalue weighted by Crippen LogP contribution is 2.32. The Hall–Kier alpha value is -1.75. The van der Waals surface area contributed by atoms with Crippen LogP contribution in [0.5, 0.6) is 11.5 Å². The van der Waals surface area contributed by atoms with Gasteiger partial charge in [0.05, 0.1) is 25.3 Å². The fourth-order valence-electron chi connectivity index (χ4n) is 2.51. The maximum atomic E-state index is 9.11. The van der Waals surface area contributed by atoms with Crippen LogP contribution in [0.25, 0.3) is 11.0 Å². The van der Waals surface area contributed by atoms with E-state index in [1.54, 1.807) is 14.2 Å². The van der Waals surface area contributed by atoms with E-state index >= 15 is 0 Å². The van der Waals surface area contributed by atoms with Crippen molar-refractivity contribution < 1.29 is 14.6 Å². The molecular formula is C16H24N2O3. The van der Waals surface area contributed by atoms with Crippen LogP contribution in [0.4, 0.5) is 0 Å². The van der Waals surface area contributed by atoms with Crippen molar-refractivity contribution in [2.24, 2.45) is 0 Å². The van der Waals surface area contributed by atoms with Crippen LogP contribution in [0.1, 0.15) is 32.0 Å². The van der Waals surface area contributed by atoms with E-state index < -0.39 is 0 Å². The largest absolute Gasteiger partial charge is 0.493 e. The maximum Gasteiger partial charge on any atom is 0.163 e. The van der Waals surface area contributed by atoms with Gasteiger partial charge in [0, 0.05) is 31.7 Å². The predicted molar refractivity (Wildman–Crippen MR) is 83.2 cm³/mol. The molecule has 1 N–H and O–H groups in total. The first-order chi connectivity index (χ1) is 10.2. The molecule has 5 nitrogen and oxygen atoms in total. The van der Waals surface area contributed by atoms with Crippen LogP contribution in [0.15, 0.2) is 12.1 Å². The summed E-state index contributed by atoms with van der Waals surface area (Å²) in [7, 11) is 3.26. The Labute approximate surface area is 125 Å². The van der Waals surface area contributed by atoms with Crippen molar-refractivity contribution in [1.82, 2.24) is 9.55 Å². The second-order valence-electron chi connectivity index (χ2n) is 5.06. The molecule has 21 heavy (non-hydrogen) atoms. The summed E-state index contributed by atoms with van der Waals surface area (Å²) in [4.78, 5) is 4.73. The molecule has 2 aromatic rings. The molecule has 0 aliphatic heterocycles. The lowest BCUT2D eigenvalue weighted by Gasteiger charge is -2.10. The number of aromatic nitrogens is 2. The van der Waals surface area contributed by atoms with E-state index in [2.05, 4.69) is 11.5 Å². The average Bonchev–Trinajstić information content (AvgIpc) is 2.85. The lowest BCUT2D eigenvalue weighted by Crippen LogP contribution is -2.05. The third-order valence-electron chi connectivity index (χ3n) is 3.63. The average molecular weight is 292 g/mol. The van der Waals surface area contributed by atoms with E-state index in [-0.39, 0.29) is 6.61 Å². The van der Waals surface area contributed by atoms with E-state index in [9.17, 15) is 0 Å². The Kier molecular flexibility index (Phi) is 5.44. The van der Waals surface area contributed by atoms with Crippen LogP contribution >= 0.6 is 0 Å². The predicted octanol–water partition coefficient (Wildman–Crippen LogP) is 2.78. The molecule has 0 saturated carbocycles. The number of fused-ring (bicyclic) bond motifs is 1. The van der Waals surface area contributed by atoms with Gasteiger partial charge < -0.3 is 19.1 Å². The fraction of sp³-hybridized carbons (Fsp3) is 0.562. The monoisotopic (exact) mass is 292 g/mol. The highest BCUT2D eigenvalue weighted by atomic mass is 16.5. The van der Waals surface area contributed by atoms with Crippen molar-refractivity contribution in [1.29, 1.82) is 0 Å². The number of aliphatic hydroxyl groups is 1. The Morgan fingerprint density at radius 1 is 1.14 bits per heavy atom. The summed E-state index contributed by atoms with van der Waals surface area (Å²) < 4.78 is 12.9. The summed E-state index contributed by atoms with van der Waals surface area (Å²) in [5.74, 6) is 2.46. The lowest BCUT2D eigenvalue weighted by molar-refractivity contribution is 0.279. The Morgan fingerprint density at radius 3 is 2.48 bits per heavy atom. The van der Waals surface area contributed by atoms with Gasteiger partial charge in [-0.3, -0.25) is 0 Å². The van der Waals surface area contributed by atoms with E-state index in [1.807, 2.05) is 12.1 Å². The topological polar surface area (TPSA) is 56.5 Å². The first kappa shape index (κ1) is 15.6. The number of nitrogens with zero attached hydrogens (tertiary/aromatic N) is 2. The molecule has 0 aliphatic rings. The van der Waals surface area contributed by atoms with Crippen LogP contribution in [-0.2, 0) is 13.0 Å². The second-order valence-corrected chi connectivity index (χ2v) is 5.06. The summed E-state index contributed by atoms with van der Waals surface area (Å²) in [6.45, 7) is 3.12. The minimum atomic E-state index is 0.181. The van der Waals surface area contributed by atoms with Gasteiger partial charge in [-0.05, 0) is 12.8 Å². The van der Waals surface area contributed by atoms with Crippen molar-refractivity contribution in [3.05, 3.63) is 18.0 Å². The van der Waals surface area contributed by atoms with Crippen LogP contribution in [-0.4, -0.2) is 35.5 Å². The molecule has 0 unspecified atom stereocenters. The molecule has 0 fully saturated rings. The first-order valence-electron chi connectivity index (χ1n) is 7.47. The van der Waals surface area contributed by atoms with Crippen molar-refractivity contribution in [3.8, 4) is 11.5 Å². The summed E-state index contributed by atoms with van der Waals surface area (Å²) in [5, 5.41) is 9.11. The number of hydrogen-bond acceptors (Lipinski definition) is 4. The summed E-state index contributed by atoms with van der Waals surface area (Å²) in [6.07, 6.45) is 3.91. The molecule has 2 rings (SSSR count). The number of methoxy groups -OCH3 is 2. The third kappa shape index (κ3) is 3.29. The Balaban J connectivity index is 2.50. The number of benzene rings is 1. The van der Waals surface area contributed by atoms with Gasteiger partial charge in [-0.15, -0.1) is 0 Å². The standard InChI is InChI=1S/C16H24N2O3/c1-4-5-7-16-17-12-10-14(20-2)15(21-3)11-13(12)18(16)8-6-9-19/h10-11,19H,4-9H2,1-3H3. The van der Waals surface area contributed by atoms with Gasteiger partial charge in [-0.25, -0.2) is 4.98 Å². The van der Waals surface area contributed by atoms with Crippen LogP contribution in [0, 0.1) is 0 Å². The molecule has 0 aliphatic carbocycles. The molecular weight excluding hydrogens is 268 g/mol. The highest BCUT2D eigenvalue weighted by Gasteiger charge is 2.14. The lowest BCUT2D eigenvalue weighted by atomic mass is 10.2.